The van der Waals surface area contributed by atoms with Crippen LogP contribution in [0, 0.1) is 34.5 Å². The number of esters is 1. The quantitative estimate of drug-likeness (QED) is 0.222. The van der Waals surface area contributed by atoms with Crippen molar-refractivity contribution in [3.63, 3.8) is 0 Å². The molecule has 0 aromatic carbocycles. The van der Waals surface area contributed by atoms with Crippen LogP contribution in [0.2, 0.25) is 0 Å². The van der Waals surface area contributed by atoms with Crippen LogP contribution < -0.4 is 0 Å². The number of fused-ring (bicyclic) bond motifs is 5. The van der Waals surface area contributed by atoms with E-state index in [4.69, 9.17) is 4.74 Å². The highest BCUT2D eigenvalue weighted by molar-refractivity contribution is 9.09. The van der Waals surface area contributed by atoms with Crippen molar-refractivity contribution in [1.29, 1.82) is 0 Å². The van der Waals surface area contributed by atoms with E-state index >= 15 is 0 Å². The van der Waals surface area contributed by atoms with Crippen LogP contribution in [-0.4, -0.2) is 39.5 Å². The van der Waals surface area contributed by atoms with Gasteiger partial charge in [-0.05, 0) is 75.0 Å². The standard InChI is InChI=1S/C21H32BrNO4/c1-12(24)27-19-6-5-15-14-4-3-13-9-17(22)18(25)10-21(13,11-23-26)16(14)7-8-20(15,19)2/h11,13-19,25-26H,3-10H2,1-2H3/b23-11+/t13-,14?,15?,16?,17-,18?,19?,20?,21?/m0/s1. The van der Waals surface area contributed by atoms with Crippen LogP contribution in [0.25, 0.3) is 0 Å². The first-order chi connectivity index (χ1) is 12.8. The normalized spacial score (nSPS) is 52.1. The number of rotatable bonds is 2. The van der Waals surface area contributed by atoms with E-state index < -0.39 is 6.10 Å². The zero-order valence-corrected chi connectivity index (χ0v) is 17.9. The van der Waals surface area contributed by atoms with Gasteiger partial charge in [-0.25, -0.2) is 0 Å². The summed E-state index contributed by atoms with van der Waals surface area (Å²) in [7, 11) is 0. The highest BCUT2D eigenvalue weighted by Crippen LogP contribution is 2.66. The number of oxime groups is 1. The first-order valence-electron chi connectivity index (χ1n) is 10.5. The third-order valence-electron chi connectivity index (χ3n) is 8.75. The van der Waals surface area contributed by atoms with Gasteiger partial charge in [-0.3, -0.25) is 4.79 Å². The average molecular weight is 442 g/mol. The molecular weight excluding hydrogens is 410 g/mol. The number of alkyl halides is 1. The van der Waals surface area contributed by atoms with Gasteiger partial charge in [-0.1, -0.05) is 22.9 Å². The topological polar surface area (TPSA) is 79.1 Å². The number of nitrogens with zero attached hydrogens (tertiary/aromatic N) is 1. The lowest BCUT2D eigenvalue weighted by molar-refractivity contribution is -0.159. The number of aliphatic hydroxyl groups is 1. The zero-order valence-electron chi connectivity index (χ0n) is 16.3. The Morgan fingerprint density at radius 3 is 2.70 bits per heavy atom. The molecule has 6 heteroatoms. The number of ether oxygens (including phenoxy) is 1. The van der Waals surface area contributed by atoms with Crippen molar-refractivity contribution in [2.75, 3.05) is 0 Å². The lowest BCUT2D eigenvalue weighted by Crippen LogP contribution is -2.58. The monoisotopic (exact) mass is 441 g/mol. The van der Waals surface area contributed by atoms with Gasteiger partial charge in [0.05, 0.1) is 12.3 Å². The van der Waals surface area contributed by atoms with Gasteiger partial charge in [-0.15, -0.1) is 5.16 Å². The third kappa shape index (κ3) is 2.97. The smallest absolute Gasteiger partial charge is 0.302 e. The summed E-state index contributed by atoms with van der Waals surface area (Å²) >= 11 is 3.66. The van der Waals surface area contributed by atoms with E-state index in [0.717, 1.165) is 38.5 Å². The molecule has 0 aromatic heterocycles. The lowest BCUT2D eigenvalue weighted by Gasteiger charge is -2.60. The molecule has 4 rings (SSSR count). The van der Waals surface area contributed by atoms with Crippen molar-refractivity contribution in [2.45, 2.75) is 82.2 Å². The molecule has 0 aliphatic heterocycles. The van der Waals surface area contributed by atoms with Crippen LogP contribution in [0.4, 0.5) is 0 Å². The summed E-state index contributed by atoms with van der Waals surface area (Å²) in [6.07, 6.45) is 9.49. The fourth-order valence-electron chi connectivity index (χ4n) is 7.60. The Morgan fingerprint density at radius 1 is 1.22 bits per heavy atom. The second kappa shape index (κ2) is 7.01. The van der Waals surface area contributed by atoms with E-state index in [9.17, 15) is 15.1 Å². The summed E-state index contributed by atoms with van der Waals surface area (Å²) in [5, 5.41) is 23.6. The summed E-state index contributed by atoms with van der Waals surface area (Å²) < 4.78 is 5.72. The minimum Gasteiger partial charge on any atom is -0.462 e. The van der Waals surface area contributed by atoms with Gasteiger partial charge < -0.3 is 15.1 Å². The first kappa shape index (κ1) is 19.7. The van der Waals surface area contributed by atoms with Crippen molar-refractivity contribution in [1.82, 2.24) is 0 Å². The molecule has 0 spiro atoms. The van der Waals surface area contributed by atoms with Gasteiger partial charge in [0.2, 0.25) is 0 Å². The van der Waals surface area contributed by atoms with E-state index in [1.807, 2.05) is 0 Å². The van der Waals surface area contributed by atoms with Crippen LogP contribution >= 0.6 is 15.9 Å². The minimum absolute atomic E-state index is 0.0324. The summed E-state index contributed by atoms with van der Waals surface area (Å²) in [6, 6.07) is 0. The molecule has 0 heterocycles. The van der Waals surface area contributed by atoms with Crippen LogP contribution in [0.1, 0.15) is 65.2 Å². The number of carbonyl (C=O) groups excluding carboxylic acids is 1. The molecule has 9 atom stereocenters. The van der Waals surface area contributed by atoms with Crippen LogP contribution in [0.5, 0.6) is 0 Å². The molecule has 7 unspecified atom stereocenters. The minimum atomic E-state index is -0.399. The molecule has 5 nitrogen and oxygen atoms in total. The second-order valence-electron chi connectivity index (χ2n) is 9.75. The molecule has 152 valence electrons. The van der Waals surface area contributed by atoms with E-state index in [2.05, 4.69) is 28.0 Å². The molecule has 27 heavy (non-hydrogen) atoms. The SMILES string of the molecule is CC(=O)OC1CCC2C3CC[C@H]4C[C@H](Br)C(O)CC4(/C=N/O)C3CCC12C. The molecule has 0 radical (unpaired) electrons. The number of halogens is 1. The molecule has 4 saturated carbocycles. The van der Waals surface area contributed by atoms with E-state index in [-0.39, 0.29) is 27.7 Å². The number of hydrogen-bond acceptors (Lipinski definition) is 5. The number of aliphatic hydroxyl groups excluding tert-OH is 1. The van der Waals surface area contributed by atoms with E-state index in [1.165, 1.54) is 13.3 Å². The molecule has 0 amide bonds. The predicted octanol–water partition coefficient (Wildman–Crippen LogP) is 4.14. The second-order valence-corrected chi connectivity index (χ2v) is 10.9. The largest absolute Gasteiger partial charge is 0.462 e. The number of carbonyl (C=O) groups is 1. The molecule has 4 fully saturated rings. The van der Waals surface area contributed by atoms with Crippen molar-refractivity contribution in [3.8, 4) is 0 Å². The maximum absolute atomic E-state index is 11.6. The average Bonchev–Trinajstić information content (AvgIpc) is 2.93. The van der Waals surface area contributed by atoms with Crippen molar-refractivity contribution in [3.05, 3.63) is 0 Å². The first-order valence-corrected chi connectivity index (χ1v) is 11.4. The summed E-state index contributed by atoms with van der Waals surface area (Å²) in [5.41, 5.74) is -0.148. The third-order valence-corrected chi connectivity index (χ3v) is 9.73. The Bertz CT molecular complexity index is 627. The maximum atomic E-state index is 11.6. The van der Waals surface area contributed by atoms with Gasteiger partial charge in [0.25, 0.3) is 0 Å². The predicted molar refractivity (Wildman–Crippen MR) is 106 cm³/mol. The van der Waals surface area contributed by atoms with Gasteiger partial charge in [0.15, 0.2) is 0 Å². The summed E-state index contributed by atoms with van der Waals surface area (Å²) in [6.45, 7) is 3.83. The van der Waals surface area contributed by atoms with Crippen LogP contribution in [-0.2, 0) is 9.53 Å². The Labute approximate surface area is 170 Å². The lowest BCUT2D eigenvalue weighted by atomic mass is 9.44. The summed E-state index contributed by atoms with van der Waals surface area (Å²) in [4.78, 5) is 11.7. The Morgan fingerprint density at radius 2 is 2.00 bits per heavy atom. The molecule has 4 aliphatic carbocycles. The summed E-state index contributed by atoms with van der Waals surface area (Å²) in [5.74, 6) is 1.82. The number of hydrogen-bond donors (Lipinski definition) is 2. The molecule has 4 aliphatic rings. The maximum Gasteiger partial charge on any atom is 0.302 e. The van der Waals surface area contributed by atoms with Gasteiger partial charge >= 0.3 is 5.97 Å². The molecule has 0 saturated heterocycles. The van der Waals surface area contributed by atoms with E-state index in [0.29, 0.717) is 30.1 Å². The van der Waals surface area contributed by atoms with Crippen molar-refractivity contribution in [2.24, 2.45) is 39.7 Å². The fraction of sp³-hybridized carbons (Fsp3) is 0.905. The van der Waals surface area contributed by atoms with Gasteiger partial charge in [-0.2, -0.15) is 0 Å². The Balaban J connectivity index is 1.65. The van der Waals surface area contributed by atoms with Crippen molar-refractivity contribution < 1.29 is 19.8 Å². The van der Waals surface area contributed by atoms with Gasteiger partial charge in [0.1, 0.15) is 6.10 Å². The molecular formula is C21H32BrNO4. The molecule has 0 bridgehead atoms. The molecule has 2 N–H and O–H groups in total. The zero-order chi connectivity index (χ0) is 19.4. The van der Waals surface area contributed by atoms with E-state index in [1.54, 1.807) is 6.21 Å². The van der Waals surface area contributed by atoms with Crippen molar-refractivity contribution >= 4 is 28.1 Å². The van der Waals surface area contributed by atoms with Gasteiger partial charge in [0, 0.05) is 22.6 Å². The Kier molecular flexibility index (Phi) is 5.11. The highest BCUT2D eigenvalue weighted by Gasteiger charge is 2.62. The molecule has 0 aromatic rings. The van der Waals surface area contributed by atoms with Crippen LogP contribution in [0.3, 0.4) is 0 Å². The highest BCUT2D eigenvalue weighted by atomic mass is 79.9. The Hall–Kier alpha value is -0.620. The van der Waals surface area contributed by atoms with Crippen LogP contribution in [0.15, 0.2) is 5.16 Å². The fourth-order valence-corrected chi connectivity index (χ4v) is 8.24.